The Morgan fingerprint density at radius 2 is 1.84 bits per heavy atom. The molecule has 3 aromatic heterocycles. The number of thiophene rings is 1. The fourth-order valence-electron chi connectivity index (χ4n) is 5.38. The van der Waals surface area contributed by atoms with Crippen LogP contribution < -0.4 is 16.0 Å². The fourth-order valence-corrected chi connectivity index (χ4v) is 6.37. The van der Waals surface area contributed by atoms with Gasteiger partial charge in [-0.25, -0.2) is 14.8 Å². The van der Waals surface area contributed by atoms with Gasteiger partial charge in [0, 0.05) is 24.6 Å². The molecule has 1 fully saturated rings. The molecule has 194 valence electrons. The zero-order chi connectivity index (χ0) is 26.1. The highest BCUT2D eigenvalue weighted by atomic mass is 32.1. The molecule has 0 unspecified atom stereocenters. The molecule has 9 heteroatoms. The van der Waals surface area contributed by atoms with Crippen LogP contribution in [-0.4, -0.2) is 51.2 Å². The molecule has 1 atom stereocenters. The number of hydrogen-bond donors (Lipinski definition) is 1. The first kappa shape index (κ1) is 24.5. The number of likely N-dealkylation sites (tertiary alicyclic amines) is 1. The first-order valence-corrected chi connectivity index (χ1v) is 13.8. The Morgan fingerprint density at radius 1 is 1.05 bits per heavy atom. The van der Waals surface area contributed by atoms with Crippen molar-refractivity contribution in [3.8, 4) is 17.0 Å². The maximum atomic E-state index is 13.3. The second-order valence-corrected chi connectivity index (χ2v) is 10.7. The van der Waals surface area contributed by atoms with Crippen LogP contribution in [0.4, 0.5) is 0 Å². The Morgan fingerprint density at radius 3 is 2.68 bits per heavy atom. The van der Waals surface area contributed by atoms with E-state index in [1.54, 1.807) is 13.3 Å². The molecule has 0 aliphatic carbocycles. The smallest absolute Gasteiger partial charge is 0.328 e. The van der Waals surface area contributed by atoms with Crippen molar-refractivity contribution in [2.45, 2.75) is 31.7 Å². The number of para-hydroxylation sites is 1. The van der Waals surface area contributed by atoms with Crippen LogP contribution in [-0.2, 0) is 6.54 Å². The van der Waals surface area contributed by atoms with Gasteiger partial charge in [-0.3, -0.25) is 9.36 Å². The molecule has 1 aliphatic heterocycles. The molecule has 5 aromatic rings. The average Bonchev–Trinajstić information content (AvgIpc) is 3.57. The van der Waals surface area contributed by atoms with E-state index in [1.165, 1.54) is 21.5 Å². The number of benzene rings is 2. The first-order valence-electron chi connectivity index (χ1n) is 13.0. The van der Waals surface area contributed by atoms with E-state index < -0.39 is 5.69 Å². The molecule has 0 amide bonds. The predicted molar refractivity (Wildman–Crippen MR) is 151 cm³/mol. The molecule has 0 radical (unpaired) electrons. The molecular weight excluding hydrogens is 498 g/mol. The summed E-state index contributed by atoms with van der Waals surface area (Å²) in [6.07, 6.45) is 4.49. The number of aromatic nitrogens is 4. The van der Waals surface area contributed by atoms with Crippen molar-refractivity contribution in [2.75, 3.05) is 26.7 Å². The van der Waals surface area contributed by atoms with E-state index in [2.05, 4.69) is 27.0 Å². The van der Waals surface area contributed by atoms with E-state index in [0.29, 0.717) is 38.7 Å². The second kappa shape index (κ2) is 10.5. The molecule has 8 nitrogen and oxygen atoms in total. The van der Waals surface area contributed by atoms with Gasteiger partial charge in [0.1, 0.15) is 20.8 Å². The summed E-state index contributed by atoms with van der Waals surface area (Å²) in [7, 11) is 1.72. The van der Waals surface area contributed by atoms with Crippen molar-refractivity contribution in [2.24, 2.45) is 0 Å². The maximum Gasteiger partial charge on any atom is 0.328 e. The molecule has 0 saturated carbocycles. The van der Waals surface area contributed by atoms with Crippen LogP contribution in [0.1, 0.15) is 30.7 Å². The Kier molecular flexibility index (Phi) is 6.78. The lowest BCUT2D eigenvalue weighted by Gasteiger charge is -2.17. The standard InChI is InChI=1S/C29H29N5O3S/c1-37-23-12-6-5-11-21(23)20-13-16-33(18-20)14-7-8-15-34-28(35)26-24(32-29(34)36)25-27(38-26)30-17-22(31-25)19-9-3-2-4-10-19/h2-6,9-12,17,20H,7-8,13-16,18H2,1H3,(H,32,36)/t20-/m0/s1. The van der Waals surface area contributed by atoms with Crippen molar-refractivity contribution in [3.05, 3.63) is 87.2 Å². The van der Waals surface area contributed by atoms with Gasteiger partial charge in [0.2, 0.25) is 0 Å². The summed E-state index contributed by atoms with van der Waals surface area (Å²) in [4.78, 5) is 41.4. The molecule has 4 heterocycles. The first-order chi connectivity index (χ1) is 18.6. The number of unbranched alkanes of at least 4 members (excludes halogenated alkanes) is 1. The van der Waals surface area contributed by atoms with Crippen molar-refractivity contribution in [1.82, 2.24) is 24.4 Å². The van der Waals surface area contributed by atoms with Crippen molar-refractivity contribution in [1.29, 1.82) is 0 Å². The molecular formula is C29H29N5O3S. The highest BCUT2D eigenvalue weighted by Crippen LogP contribution is 2.33. The van der Waals surface area contributed by atoms with Crippen molar-refractivity contribution < 1.29 is 4.74 Å². The molecule has 0 spiro atoms. The highest BCUT2D eigenvalue weighted by Gasteiger charge is 2.25. The van der Waals surface area contributed by atoms with Crippen LogP contribution in [0.3, 0.4) is 0 Å². The lowest BCUT2D eigenvalue weighted by Crippen LogP contribution is -2.34. The normalized spacial score (nSPS) is 16.0. The number of ether oxygens (including phenoxy) is 1. The molecule has 6 rings (SSSR count). The van der Waals surface area contributed by atoms with Gasteiger partial charge in [-0.05, 0) is 44.0 Å². The van der Waals surface area contributed by atoms with E-state index in [-0.39, 0.29) is 5.56 Å². The lowest BCUT2D eigenvalue weighted by molar-refractivity contribution is 0.320. The summed E-state index contributed by atoms with van der Waals surface area (Å²) >= 11 is 1.28. The van der Waals surface area contributed by atoms with Gasteiger partial charge in [-0.1, -0.05) is 48.5 Å². The number of rotatable bonds is 8. The van der Waals surface area contributed by atoms with Crippen LogP contribution in [0, 0.1) is 0 Å². The number of hydrogen-bond acceptors (Lipinski definition) is 7. The number of aromatic amines is 1. The van der Waals surface area contributed by atoms with E-state index in [0.717, 1.165) is 50.2 Å². The Labute approximate surface area is 223 Å². The monoisotopic (exact) mass is 527 g/mol. The summed E-state index contributed by atoms with van der Waals surface area (Å²) in [6.45, 7) is 3.37. The summed E-state index contributed by atoms with van der Waals surface area (Å²) in [5, 5.41) is 0. The van der Waals surface area contributed by atoms with Gasteiger partial charge >= 0.3 is 5.69 Å². The molecule has 1 N–H and O–H groups in total. The van der Waals surface area contributed by atoms with Crippen LogP contribution >= 0.6 is 11.3 Å². The minimum atomic E-state index is -0.397. The Hall–Kier alpha value is -3.82. The van der Waals surface area contributed by atoms with Gasteiger partial charge in [0.25, 0.3) is 5.56 Å². The van der Waals surface area contributed by atoms with Gasteiger partial charge < -0.3 is 14.6 Å². The van der Waals surface area contributed by atoms with E-state index in [9.17, 15) is 9.59 Å². The highest BCUT2D eigenvalue weighted by molar-refractivity contribution is 7.25. The lowest BCUT2D eigenvalue weighted by atomic mass is 9.97. The van der Waals surface area contributed by atoms with Crippen LogP contribution in [0.5, 0.6) is 5.75 Å². The molecule has 1 saturated heterocycles. The van der Waals surface area contributed by atoms with Crippen LogP contribution in [0.2, 0.25) is 0 Å². The molecule has 0 bridgehead atoms. The Balaban J connectivity index is 1.14. The van der Waals surface area contributed by atoms with E-state index >= 15 is 0 Å². The third-order valence-corrected chi connectivity index (χ3v) is 8.42. The number of fused-ring (bicyclic) bond motifs is 3. The van der Waals surface area contributed by atoms with Crippen molar-refractivity contribution in [3.63, 3.8) is 0 Å². The molecule has 38 heavy (non-hydrogen) atoms. The van der Waals surface area contributed by atoms with Gasteiger partial charge in [-0.15, -0.1) is 11.3 Å². The zero-order valence-corrected chi connectivity index (χ0v) is 22.0. The van der Waals surface area contributed by atoms with Crippen molar-refractivity contribution >= 4 is 31.9 Å². The third-order valence-electron chi connectivity index (χ3n) is 7.34. The molecule has 1 aliphatic rings. The van der Waals surface area contributed by atoms with E-state index in [4.69, 9.17) is 9.72 Å². The minimum Gasteiger partial charge on any atom is -0.496 e. The second-order valence-electron chi connectivity index (χ2n) is 9.70. The summed E-state index contributed by atoms with van der Waals surface area (Å²) in [5.41, 5.74) is 3.28. The minimum absolute atomic E-state index is 0.271. The average molecular weight is 528 g/mol. The predicted octanol–water partition coefficient (Wildman–Crippen LogP) is 4.64. The van der Waals surface area contributed by atoms with Gasteiger partial charge in [0.05, 0.1) is 24.5 Å². The zero-order valence-electron chi connectivity index (χ0n) is 21.2. The Bertz CT molecular complexity index is 1710. The SMILES string of the molecule is COc1ccccc1[C@H]1CCN(CCCCn2c(=O)[nH]c3c(sc4ncc(-c5ccccc5)nc43)c2=O)C1. The summed E-state index contributed by atoms with van der Waals surface area (Å²) < 4.78 is 7.35. The van der Waals surface area contributed by atoms with Crippen LogP contribution in [0.15, 0.2) is 70.4 Å². The number of H-pyrrole nitrogens is 1. The third kappa shape index (κ3) is 4.63. The summed E-state index contributed by atoms with van der Waals surface area (Å²) in [6, 6.07) is 18.0. The number of nitrogens with one attached hydrogen (secondary N) is 1. The van der Waals surface area contributed by atoms with Gasteiger partial charge in [0.15, 0.2) is 0 Å². The summed E-state index contributed by atoms with van der Waals surface area (Å²) in [5.74, 6) is 1.42. The quantitative estimate of drug-likeness (QED) is 0.296. The van der Waals surface area contributed by atoms with Gasteiger partial charge in [-0.2, -0.15) is 0 Å². The van der Waals surface area contributed by atoms with E-state index in [1.807, 2.05) is 42.5 Å². The van der Waals surface area contributed by atoms with Crippen LogP contribution in [0.25, 0.3) is 31.8 Å². The largest absolute Gasteiger partial charge is 0.496 e. The molecule has 2 aromatic carbocycles. The number of methoxy groups -OCH3 is 1. The number of nitrogens with zero attached hydrogens (tertiary/aromatic N) is 4. The topological polar surface area (TPSA) is 93.1 Å². The fraction of sp³-hybridized carbons (Fsp3) is 0.310. The maximum absolute atomic E-state index is 13.3.